The number of para-hydroxylation sites is 1. The van der Waals surface area contributed by atoms with Crippen LogP contribution in [0, 0.1) is 0 Å². The van der Waals surface area contributed by atoms with Crippen LogP contribution in [0.3, 0.4) is 0 Å². The molecule has 108 valence electrons. The second-order valence-electron chi connectivity index (χ2n) is 4.92. The van der Waals surface area contributed by atoms with E-state index in [1.165, 1.54) is 0 Å². The Labute approximate surface area is 130 Å². The van der Waals surface area contributed by atoms with Crippen molar-refractivity contribution in [2.75, 3.05) is 7.05 Å². The second kappa shape index (κ2) is 5.91. The predicted molar refractivity (Wildman–Crippen MR) is 85.0 cm³/mol. The fraction of sp³-hybridized carbons (Fsp3) is 0.267. The number of hydrogen-bond acceptors (Lipinski definition) is 5. The van der Waals surface area contributed by atoms with Crippen LogP contribution in [0.15, 0.2) is 39.3 Å². The maximum atomic E-state index is 5.30. The van der Waals surface area contributed by atoms with Gasteiger partial charge in [-0.2, -0.15) is 4.98 Å². The predicted octanol–water partition coefficient (Wildman–Crippen LogP) is 3.20. The first kappa shape index (κ1) is 14.2. The number of halogens is 1. The molecular formula is C15H15BrN4O. The van der Waals surface area contributed by atoms with E-state index in [4.69, 9.17) is 4.52 Å². The van der Waals surface area contributed by atoms with E-state index in [1.807, 2.05) is 37.4 Å². The number of rotatable bonds is 4. The number of benzene rings is 1. The molecule has 3 rings (SSSR count). The molecule has 0 bridgehead atoms. The molecule has 0 fully saturated rings. The Morgan fingerprint density at radius 2 is 2.10 bits per heavy atom. The fourth-order valence-corrected chi connectivity index (χ4v) is 2.56. The van der Waals surface area contributed by atoms with Gasteiger partial charge in [-0.1, -0.05) is 23.4 Å². The summed E-state index contributed by atoms with van der Waals surface area (Å²) < 4.78 is 6.15. The molecule has 1 atom stereocenters. The lowest BCUT2D eigenvalue weighted by Crippen LogP contribution is -2.23. The minimum Gasteiger partial charge on any atom is -0.339 e. The number of pyridine rings is 1. The monoisotopic (exact) mass is 346 g/mol. The largest absolute Gasteiger partial charge is 0.339 e. The van der Waals surface area contributed by atoms with Crippen LogP contribution < -0.4 is 5.32 Å². The zero-order chi connectivity index (χ0) is 14.8. The Morgan fingerprint density at radius 1 is 1.29 bits per heavy atom. The van der Waals surface area contributed by atoms with Crippen LogP contribution in [-0.2, 0) is 6.42 Å². The number of hydrogen-bond donors (Lipinski definition) is 1. The zero-order valence-electron chi connectivity index (χ0n) is 11.8. The highest BCUT2D eigenvalue weighted by Crippen LogP contribution is 2.27. The number of fused-ring (bicyclic) bond motifs is 1. The summed E-state index contributed by atoms with van der Waals surface area (Å²) >= 11 is 3.53. The van der Waals surface area contributed by atoms with Gasteiger partial charge in [0.05, 0.1) is 5.52 Å². The topological polar surface area (TPSA) is 63.8 Å². The summed E-state index contributed by atoms with van der Waals surface area (Å²) in [6.07, 6.45) is 0.689. The van der Waals surface area contributed by atoms with Crippen molar-refractivity contribution in [1.29, 1.82) is 0 Å². The molecule has 0 aliphatic rings. The van der Waals surface area contributed by atoms with E-state index in [1.54, 1.807) is 0 Å². The van der Waals surface area contributed by atoms with Crippen LogP contribution in [0.5, 0.6) is 0 Å². The van der Waals surface area contributed by atoms with Gasteiger partial charge in [-0.15, -0.1) is 0 Å². The number of likely N-dealkylation sites (N-methyl/N-ethyl adjacent to an activating group) is 1. The summed E-state index contributed by atoms with van der Waals surface area (Å²) in [5.41, 5.74) is 1.60. The smallest absolute Gasteiger partial charge is 0.228 e. The van der Waals surface area contributed by atoms with E-state index in [-0.39, 0.29) is 6.04 Å². The molecule has 3 aromatic rings. The highest BCUT2D eigenvalue weighted by Gasteiger charge is 2.15. The summed E-state index contributed by atoms with van der Waals surface area (Å²) in [6, 6.07) is 10.2. The minimum atomic E-state index is 0.284. The van der Waals surface area contributed by atoms with Crippen LogP contribution in [0.4, 0.5) is 0 Å². The third kappa shape index (κ3) is 2.96. The lowest BCUT2D eigenvalue weighted by atomic mass is 10.2. The number of aromatic nitrogens is 3. The summed E-state index contributed by atoms with van der Waals surface area (Å²) in [7, 11) is 1.91. The molecule has 21 heavy (non-hydrogen) atoms. The average molecular weight is 347 g/mol. The molecule has 0 aliphatic carbocycles. The van der Waals surface area contributed by atoms with Gasteiger partial charge in [0.1, 0.15) is 5.69 Å². The highest BCUT2D eigenvalue weighted by atomic mass is 79.9. The first-order chi connectivity index (χ1) is 10.2. The first-order valence-electron chi connectivity index (χ1n) is 6.73. The van der Waals surface area contributed by atoms with E-state index >= 15 is 0 Å². The summed E-state index contributed by atoms with van der Waals surface area (Å²) in [5.74, 6) is 1.11. The highest BCUT2D eigenvalue weighted by molar-refractivity contribution is 9.10. The Morgan fingerprint density at radius 3 is 2.90 bits per heavy atom. The Hall–Kier alpha value is -1.79. The molecular weight excluding hydrogens is 332 g/mol. The van der Waals surface area contributed by atoms with Gasteiger partial charge in [0.25, 0.3) is 0 Å². The van der Waals surface area contributed by atoms with Crippen molar-refractivity contribution >= 4 is 26.8 Å². The fourth-order valence-electron chi connectivity index (χ4n) is 2.04. The van der Waals surface area contributed by atoms with E-state index in [9.17, 15) is 0 Å². The molecule has 0 spiro atoms. The molecule has 0 saturated carbocycles. The Kier molecular flexibility index (Phi) is 3.98. The Balaban J connectivity index is 1.98. The maximum absolute atomic E-state index is 5.30. The molecule has 5 nitrogen and oxygen atoms in total. The molecule has 0 saturated heterocycles. The summed E-state index contributed by atoms with van der Waals surface area (Å²) in [6.45, 7) is 2.06. The van der Waals surface area contributed by atoms with E-state index in [0.29, 0.717) is 23.8 Å². The SMILES string of the molecule is CNC(C)Cc1nc(-c2nc3ccccc3cc2Br)no1. The standard InChI is InChI=1S/C15H15BrN4O/c1-9(17-2)7-13-19-15(20-21-13)14-11(16)8-10-5-3-4-6-12(10)18-14/h3-6,8-9,17H,7H2,1-2H3. The van der Waals surface area contributed by atoms with E-state index in [2.05, 4.69) is 43.3 Å². The molecule has 6 heteroatoms. The van der Waals surface area contributed by atoms with Gasteiger partial charge in [-0.05, 0) is 42.0 Å². The molecule has 0 amide bonds. The van der Waals surface area contributed by atoms with E-state index < -0.39 is 0 Å². The van der Waals surface area contributed by atoms with Crippen molar-refractivity contribution < 1.29 is 4.52 Å². The van der Waals surface area contributed by atoms with Gasteiger partial charge in [0, 0.05) is 22.3 Å². The van der Waals surface area contributed by atoms with Crippen LogP contribution in [0.25, 0.3) is 22.4 Å². The van der Waals surface area contributed by atoms with Crippen LogP contribution in [0.2, 0.25) is 0 Å². The molecule has 1 aromatic carbocycles. The molecule has 2 heterocycles. The number of nitrogens with zero attached hydrogens (tertiary/aromatic N) is 3. The van der Waals surface area contributed by atoms with Gasteiger partial charge < -0.3 is 9.84 Å². The normalized spacial score (nSPS) is 12.7. The molecule has 0 aliphatic heterocycles. The van der Waals surface area contributed by atoms with Crippen molar-refractivity contribution in [3.63, 3.8) is 0 Å². The van der Waals surface area contributed by atoms with Gasteiger partial charge in [0.15, 0.2) is 0 Å². The quantitative estimate of drug-likeness (QED) is 0.785. The zero-order valence-corrected chi connectivity index (χ0v) is 13.4. The van der Waals surface area contributed by atoms with Crippen molar-refractivity contribution in [3.05, 3.63) is 40.7 Å². The Bertz CT molecular complexity index is 771. The molecule has 1 N–H and O–H groups in total. The van der Waals surface area contributed by atoms with Crippen LogP contribution >= 0.6 is 15.9 Å². The maximum Gasteiger partial charge on any atom is 0.228 e. The van der Waals surface area contributed by atoms with Crippen LogP contribution in [0.1, 0.15) is 12.8 Å². The number of nitrogens with one attached hydrogen (secondary N) is 1. The van der Waals surface area contributed by atoms with Gasteiger partial charge in [0.2, 0.25) is 11.7 Å². The van der Waals surface area contributed by atoms with Gasteiger partial charge in [-0.25, -0.2) is 4.98 Å². The van der Waals surface area contributed by atoms with Crippen LogP contribution in [-0.4, -0.2) is 28.2 Å². The van der Waals surface area contributed by atoms with Crippen molar-refractivity contribution in [1.82, 2.24) is 20.4 Å². The second-order valence-corrected chi connectivity index (χ2v) is 5.77. The summed E-state index contributed by atoms with van der Waals surface area (Å²) in [5, 5.41) is 8.25. The lowest BCUT2D eigenvalue weighted by Gasteiger charge is -2.04. The van der Waals surface area contributed by atoms with Crippen molar-refractivity contribution in [3.8, 4) is 11.5 Å². The molecule has 0 radical (unpaired) electrons. The minimum absolute atomic E-state index is 0.284. The van der Waals surface area contributed by atoms with E-state index in [0.717, 1.165) is 15.4 Å². The van der Waals surface area contributed by atoms with Crippen molar-refractivity contribution in [2.24, 2.45) is 0 Å². The molecule has 2 aromatic heterocycles. The van der Waals surface area contributed by atoms with Gasteiger partial charge >= 0.3 is 0 Å². The lowest BCUT2D eigenvalue weighted by molar-refractivity contribution is 0.365. The summed E-state index contributed by atoms with van der Waals surface area (Å²) in [4.78, 5) is 9.04. The average Bonchev–Trinajstić information content (AvgIpc) is 2.94. The molecule has 1 unspecified atom stereocenters. The third-order valence-electron chi connectivity index (χ3n) is 3.33. The van der Waals surface area contributed by atoms with Gasteiger partial charge in [-0.3, -0.25) is 0 Å². The third-order valence-corrected chi connectivity index (χ3v) is 3.94. The van der Waals surface area contributed by atoms with Crippen molar-refractivity contribution in [2.45, 2.75) is 19.4 Å². The first-order valence-corrected chi connectivity index (χ1v) is 7.52.